The van der Waals surface area contributed by atoms with Gasteiger partial charge >= 0.3 is 0 Å². The fraction of sp³-hybridized carbons (Fsp3) is 0.143. The van der Waals surface area contributed by atoms with Crippen LogP contribution >= 0.6 is 0 Å². The fourth-order valence-electron chi connectivity index (χ4n) is 3.39. The number of benzene rings is 3. The summed E-state index contributed by atoms with van der Waals surface area (Å²) in [5.74, 6) is 0.635. The molecule has 0 fully saturated rings. The van der Waals surface area contributed by atoms with Crippen LogP contribution in [0, 0.1) is 0 Å². The molecule has 0 N–H and O–H groups in total. The minimum absolute atomic E-state index is 0.272. The molecule has 0 spiro atoms. The highest BCUT2D eigenvalue weighted by Gasteiger charge is 2.33. The Balaban J connectivity index is 1.82. The van der Waals surface area contributed by atoms with Gasteiger partial charge < -0.3 is 4.74 Å². The molecule has 0 aliphatic carbocycles. The SMILES string of the molecule is COc1ccc(S(=O)(=O)N2CCc3cccc(-c4ccccc4)c32)cc1. The van der Waals surface area contributed by atoms with Crippen molar-refractivity contribution in [1.29, 1.82) is 0 Å². The van der Waals surface area contributed by atoms with Crippen molar-refractivity contribution >= 4 is 15.7 Å². The molecule has 1 aliphatic heterocycles. The first-order valence-electron chi connectivity index (χ1n) is 8.45. The summed E-state index contributed by atoms with van der Waals surface area (Å²) in [4.78, 5) is 0.272. The lowest BCUT2D eigenvalue weighted by Crippen LogP contribution is -2.29. The summed E-state index contributed by atoms with van der Waals surface area (Å²) in [6.45, 7) is 0.452. The maximum atomic E-state index is 13.3. The van der Waals surface area contributed by atoms with Crippen molar-refractivity contribution < 1.29 is 13.2 Å². The highest BCUT2D eigenvalue weighted by Crippen LogP contribution is 2.41. The number of fused-ring (bicyclic) bond motifs is 1. The summed E-state index contributed by atoms with van der Waals surface area (Å²) >= 11 is 0. The summed E-state index contributed by atoms with van der Waals surface area (Å²) < 4.78 is 33.2. The van der Waals surface area contributed by atoms with E-state index in [0.717, 1.165) is 22.4 Å². The molecule has 0 saturated carbocycles. The third kappa shape index (κ3) is 2.74. The van der Waals surface area contributed by atoms with Crippen LogP contribution in [0.15, 0.2) is 77.7 Å². The number of sulfonamides is 1. The summed E-state index contributed by atoms with van der Waals surface area (Å²) in [6, 6.07) is 22.4. The zero-order chi connectivity index (χ0) is 18.1. The van der Waals surface area contributed by atoms with Crippen LogP contribution in [-0.2, 0) is 16.4 Å². The predicted octanol–water partition coefficient (Wildman–Crippen LogP) is 4.11. The first-order chi connectivity index (χ1) is 12.6. The van der Waals surface area contributed by atoms with E-state index in [9.17, 15) is 8.42 Å². The maximum Gasteiger partial charge on any atom is 0.264 e. The number of nitrogens with zero attached hydrogens (tertiary/aromatic N) is 1. The second kappa shape index (κ2) is 6.50. The van der Waals surface area contributed by atoms with Crippen LogP contribution in [0.25, 0.3) is 11.1 Å². The fourth-order valence-corrected chi connectivity index (χ4v) is 4.91. The summed E-state index contributed by atoms with van der Waals surface area (Å²) in [6.07, 6.45) is 0.714. The molecular formula is C21H19NO3S. The van der Waals surface area contributed by atoms with Gasteiger partial charge in [-0.3, -0.25) is 4.31 Å². The number of hydrogen-bond acceptors (Lipinski definition) is 3. The lowest BCUT2D eigenvalue weighted by molar-refractivity contribution is 0.414. The summed E-state index contributed by atoms with van der Waals surface area (Å²) in [7, 11) is -2.07. The Morgan fingerprint density at radius 3 is 2.31 bits per heavy atom. The van der Waals surface area contributed by atoms with Gasteiger partial charge in [0.25, 0.3) is 10.0 Å². The average molecular weight is 365 g/mol. The van der Waals surface area contributed by atoms with E-state index in [1.165, 1.54) is 4.31 Å². The topological polar surface area (TPSA) is 46.6 Å². The largest absolute Gasteiger partial charge is 0.497 e. The van der Waals surface area contributed by atoms with E-state index in [0.29, 0.717) is 18.7 Å². The molecule has 0 unspecified atom stereocenters. The van der Waals surface area contributed by atoms with Gasteiger partial charge in [0.05, 0.1) is 17.7 Å². The zero-order valence-corrected chi connectivity index (χ0v) is 15.2. The van der Waals surface area contributed by atoms with Crippen LogP contribution in [0.3, 0.4) is 0 Å². The second-order valence-corrected chi connectivity index (χ2v) is 8.04. The van der Waals surface area contributed by atoms with Crippen molar-refractivity contribution in [3.63, 3.8) is 0 Å². The van der Waals surface area contributed by atoms with Gasteiger partial charge in [-0.25, -0.2) is 8.42 Å². The molecule has 4 rings (SSSR count). The number of ether oxygens (including phenoxy) is 1. The van der Waals surface area contributed by atoms with Crippen molar-refractivity contribution in [2.24, 2.45) is 0 Å². The highest BCUT2D eigenvalue weighted by molar-refractivity contribution is 7.92. The molecule has 3 aromatic rings. The molecule has 1 aliphatic rings. The molecule has 0 saturated heterocycles. The van der Waals surface area contributed by atoms with E-state index in [1.54, 1.807) is 31.4 Å². The van der Waals surface area contributed by atoms with Gasteiger partial charge in [0.2, 0.25) is 0 Å². The van der Waals surface area contributed by atoms with E-state index < -0.39 is 10.0 Å². The number of para-hydroxylation sites is 1. The molecule has 3 aromatic carbocycles. The first-order valence-corrected chi connectivity index (χ1v) is 9.89. The van der Waals surface area contributed by atoms with E-state index in [4.69, 9.17) is 4.74 Å². The summed E-state index contributed by atoms with van der Waals surface area (Å²) in [5.41, 5.74) is 3.80. The number of methoxy groups -OCH3 is 1. The quantitative estimate of drug-likeness (QED) is 0.699. The highest BCUT2D eigenvalue weighted by atomic mass is 32.2. The van der Waals surface area contributed by atoms with Crippen molar-refractivity contribution in [3.05, 3.63) is 78.4 Å². The molecule has 0 aromatic heterocycles. The Morgan fingerprint density at radius 2 is 1.62 bits per heavy atom. The van der Waals surface area contributed by atoms with Gasteiger partial charge in [-0.2, -0.15) is 0 Å². The normalized spacial score (nSPS) is 13.5. The molecule has 0 radical (unpaired) electrons. The van der Waals surface area contributed by atoms with E-state index in [2.05, 4.69) is 0 Å². The van der Waals surface area contributed by atoms with Gasteiger partial charge in [-0.05, 0) is 41.8 Å². The maximum absolute atomic E-state index is 13.3. The molecule has 26 heavy (non-hydrogen) atoms. The third-order valence-electron chi connectivity index (χ3n) is 4.69. The number of hydrogen-bond donors (Lipinski definition) is 0. The van der Waals surface area contributed by atoms with Crippen LogP contribution in [0.2, 0.25) is 0 Å². The Labute approximate surface area is 153 Å². The molecule has 4 nitrogen and oxygen atoms in total. The van der Waals surface area contributed by atoms with Crippen molar-refractivity contribution in [2.45, 2.75) is 11.3 Å². The Morgan fingerprint density at radius 1 is 0.885 bits per heavy atom. The van der Waals surface area contributed by atoms with E-state index in [1.807, 2.05) is 48.5 Å². The zero-order valence-electron chi connectivity index (χ0n) is 14.4. The van der Waals surface area contributed by atoms with Crippen molar-refractivity contribution in [3.8, 4) is 16.9 Å². The van der Waals surface area contributed by atoms with Gasteiger partial charge in [0, 0.05) is 12.1 Å². The van der Waals surface area contributed by atoms with Crippen LogP contribution < -0.4 is 9.04 Å². The lowest BCUT2D eigenvalue weighted by atomic mass is 10.0. The molecule has 0 atom stereocenters. The molecule has 5 heteroatoms. The van der Waals surface area contributed by atoms with Crippen LogP contribution in [0.1, 0.15) is 5.56 Å². The van der Waals surface area contributed by atoms with Crippen molar-refractivity contribution in [1.82, 2.24) is 0 Å². The van der Waals surface area contributed by atoms with Gasteiger partial charge in [0.1, 0.15) is 5.75 Å². The Kier molecular flexibility index (Phi) is 4.17. The molecule has 0 bridgehead atoms. The molecule has 132 valence electrons. The van der Waals surface area contributed by atoms with Crippen molar-refractivity contribution in [2.75, 3.05) is 18.0 Å². The monoisotopic (exact) mass is 365 g/mol. The molecule has 0 amide bonds. The Hall–Kier alpha value is -2.79. The van der Waals surface area contributed by atoms with Gasteiger partial charge in [-0.1, -0.05) is 48.5 Å². The Bertz CT molecular complexity index is 1030. The number of anilines is 1. The minimum Gasteiger partial charge on any atom is -0.497 e. The smallest absolute Gasteiger partial charge is 0.264 e. The second-order valence-electron chi connectivity index (χ2n) is 6.18. The molecular weight excluding hydrogens is 346 g/mol. The van der Waals surface area contributed by atoms with Gasteiger partial charge in [-0.15, -0.1) is 0 Å². The minimum atomic E-state index is -3.63. The van der Waals surface area contributed by atoms with Gasteiger partial charge in [0.15, 0.2) is 0 Å². The van der Waals surface area contributed by atoms with Crippen LogP contribution in [0.4, 0.5) is 5.69 Å². The lowest BCUT2D eigenvalue weighted by Gasteiger charge is -2.22. The first kappa shape index (κ1) is 16.7. The summed E-state index contributed by atoms with van der Waals surface area (Å²) in [5, 5.41) is 0. The van der Waals surface area contributed by atoms with Crippen LogP contribution in [-0.4, -0.2) is 22.1 Å². The predicted molar refractivity (Wildman–Crippen MR) is 103 cm³/mol. The van der Waals surface area contributed by atoms with E-state index >= 15 is 0 Å². The average Bonchev–Trinajstić information content (AvgIpc) is 3.14. The molecule has 1 heterocycles. The number of rotatable bonds is 4. The van der Waals surface area contributed by atoms with Crippen LogP contribution in [0.5, 0.6) is 5.75 Å². The third-order valence-corrected chi connectivity index (χ3v) is 6.50. The van der Waals surface area contributed by atoms with E-state index in [-0.39, 0.29) is 4.90 Å². The standard InChI is InChI=1S/C21H19NO3S/c1-25-18-10-12-19(13-11-18)26(23,24)22-15-14-17-8-5-9-20(21(17)22)16-6-3-2-4-7-16/h2-13H,14-15H2,1H3.